The van der Waals surface area contributed by atoms with Gasteiger partial charge in [-0.2, -0.15) is 0 Å². The van der Waals surface area contributed by atoms with Gasteiger partial charge in [-0.15, -0.1) is 0 Å². The number of ether oxygens (including phenoxy) is 1. The van der Waals surface area contributed by atoms with Crippen molar-refractivity contribution in [2.75, 3.05) is 30.6 Å². The minimum absolute atomic E-state index is 0.103. The van der Waals surface area contributed by atoms with Gasteiger partial charge in [-0.05, 0) is 23.8 Å². The number of benzene rings is 3. The first kappa shape index (κ1) is 19.9. The highest BCUT2D eigenvalue weighted by Crippen LogP contribution is 2.35. The van der Waals surface area contributed by atoms with Crippen molar-refractivity contribution in [3.05, 3.63) is 96.2 Å². The molecule has 0 fully saturated rings. The second-order valence-electron chi connectivity index (χ2n) is 7.86. The topological polar surface area (TPSA) is 54.8 Å². The Morgan fingerprint density at radius 2 is 1.66 bits per heavy atom. The summed E-state index contributed by atoms with van der Waals surface area (Å²) in [5.74, 6) is 0.317. The van der Waals surface area contributed by atoms with Crippen LogP contribution in [0.2, 0.25) is 0 Å². The summed E-state index contributed by atoms with van der Waals surface area (Å²) in [6, 6.07) is 23.7. The standard InChI is InChI=1S/C26H23N3O3/c1-27-17-24(30)29(19-11-8-12-20(15-19)32-2)25(18-9-4-3-5-10-18)26(31)22-16-28(27)23-14-7-6-13-21(22)23/h3-16,25H,17H2,1-2H3. The van der Waals surface area contributed by atoms with Gasteiger partial charge in [0.05, 0.1) is 12.6 Å². The molecule has 6 nitrogen and oxygen atoms in total. The summed E-state index contributed by atoms with van der Waals surface area (Å²) >= 11 is 0. The number of carbonyl (C=O) groups excluding carboxylic acids is 2. The van der Waals surface area contributed by atoms with Gasteiger partial charge in [-0.1, -0.05) is 54.6 Å². The number of hydrogen-bond acceptors (Lipinski definition) is 4. The minimum Gasteiger partial charge on any atom is -0.497 e. The number of Topliss-reactive ketones (excluding diaryl/α,β-unsaturated/α-hetero) is 1. The van der Waals surface area contributed by atoms with Crippen LogP contribution in [0.1, 0.15) is 22.0 Å². The molecule has 0 saturated carbocycles. The number of likely N-dealkylation sites (N-methyl/N-ethyl adjacent to an activating group) is 1. The summed E-state index contributed by atoms with van der Waals surface area (Å²) in [4.78, 5) is 29.4. The maximum absolute atomic E-state index is 14.1. The molecular weight excluding hydrogens is 402 g/mol. The molecule has 2 bridgehead atoms. The lowest BCUT2D eigenvalue weighted by molar-refractivity contribution is -0.117. The summed E-state index contributed by atoms with van der Waals surface area (Å²) < 4.78 is 7.28. The molecule has 1 aliphatic rings. The van der Waals surface area contributed by atoms with Gasteiger partial charge < -0.3 is 9.75 Å². The van der Waals surface area contributed by atoms with E-state index < -0.39 is 6.04 Å². The Labute approximate surface area is 186 Å². The molecule has 0 saturated heterocycles. The van der Waals surface area contributed by atoms with E-state index in [2.05, 4.69) is 0 Å². The van der Waals surface area contributed by atoms with Crippen LogP contribution in [0.3, 0.4) is 0 Å². The van der Waals surface area contributed by atoms with Gasteiger partial charge in [0.2, 0.25) is 5.91 Å². The largest absolute Gasteiger partial charge is 0.497 e. The van der Waals surface area contributed by atoms with E-state index in [1.54, 1.807) is 18.1 Å². The number of amides is 1. The second kappa shape index (κ2) is 7.89. The van der Waals surface area contributed by atoms with E-state index in [0.717, 1.165) is 16.5 Å². The smallest absolute Gasteiger partial charge is 0.249 e. The predicted octanol–water partition coefficient (Wildman–Crippen LogP) is 4.19. The summed E-state index contributed by atoms with van der Waals surface area (Å²) in [6.45, 7) is 0.103. The van der Waals surface area contributed by atoms with Crippen molar-refractivity contribution in [2.45, 2.75) is 6.04 Å². The fourth-order valence-electron chi connectivity index (χ4n) is 4.39. The van der Waals surface area contributed by atoms with Gasteiger partial charge in [-0.3, -0.25) is 19.2 Å². The Morgan fingerprint density at radius 3 is 2.44 bits per heavy atom. The molecule has 32 heavy (non-hydrogen) atoms. The van der Waals surface area contributed by atoms with Gasteiger partial charge in [0.1, 0.15) is 18.3 Å². The molecular formula is C26H23N3O3. The van der Waals surface area contributed by atoms with Crippen LogP contribution in [-0.2, 0) is 4.79 Å². The molecule has 160 valence electrons. The number of carbonyl (C=O) groups is 2. The van der Waals surface area contributed by atoms with Gasteiger partial charge in [0, 0.05) is 35.9 Å². The normalized spacial score (nSPS) is 16.6. The van der Waals surface area contributed by atoms with Crippen LogP contribution >= 0.6 is 0 Å². The number of methoxy groups -OCH3 is 1. The number of fused-ring (bicyclic) bond motifs is 5. The summed E-state index contributed by atoms with van der Waals surface area (Å²) in [7, 11) is 3.44. The van der Waals surface area contributed by atoms with Crippen molar-refractivity contribution in [3.63, 3.8) is 0 Å². The molecule has 1 atom stereocenters. The van der Waals surface area contributed by atoms with Gasteiger partial charge in [0.15, 0.2) is 5.78 Å². The van der Waals surface area contributed by atoms with Crippen LogP contribution in [0.5, 0.6) is 5.75 Å². The van der Waals surface area contributed by atoms with Gasteiger partial charge >= 0.3 is 0 Å². The highest BCUT2D eigenvalue weighted by Gasteiger charge is 2.36. The maximum Gasteiger partial charge on any atom is 0.249 e. The fraction of sp³-hybridized carbons (Fsp3) is 0.154. The molecule has 1 unspecified atom stereocenters. The van der Waals surface area contributed by atoms with E-state index >= 15 is 0 Å². The van der Waals surface area contributed by atoms with E-state index in [-0.39, 0.29) is 18.2 Å². The minimum atomic E-state index is -0.804. The predicted molar refractivity (Wildman–Crippen MR) is 125 cm³/mol. The molecule has 1 amide bonds. The molecule has 6 heteroatoms. The molecule has 1 aromatic heterocycles. The Hall–Kier alpha value is -4.06. The Bertz CT molecular complexity index is 1310. The Balaban J connectivity index is 1.77. The lowest BCUT2D eigenvalue weighted by atomic mass is 9.94. The van der Waals surface area contributed by atoms with Gasteiger partial charge in [-0.25, -0.2) is 0 Å². The zero-order valence-electron chi connectivity index (χ0n) is 17.9. The first-order valence-electron chi connectivity index (χ1n) is 10.5. The molecule has 1 aliphatic heterocycles. The molecule has 0 aliphatic carbocycles. The fourth-order valence-corrected chi connectivity index (χ4v) is 4.39. The van der Waals surface area contributed by atoms with Crippen molar-refractivity contribution in [1.29, 1.82) is 0 Å². The molecule has 5 rings (SSSR count). The number of hydrogen-bond donors (Lipinski definition) is 0. The molecule has 0 radical (unpaired) electrons. The highest BCUT2D eigenvalue weighted by molar-refractivity contribution is 6.15. The molecule has 4 aromatic rings. The van der Waals surface area contributed by atoms with E-state index in [1.807, 2.05) is 95.7 Å². The monoisotopic (exact) mass is 425 g/mol. The van der Waals surface area contributed by atoms with Crippen LogP contribution in [0.25, 0.3) is 10.9 Å². The van der Waals surface area contributed by atoms with Crippen LogP contribution in [0, 0.1) is 0 Å². The van der Waals surface area contributed by atoms with Crippen molar-refractivity contribution < 1.29 is 14.3 Å². The summed E-state index contributed by atoms with van der Waals surface area (Å²) in [6.07, 6.45) is 1.84. The van der Waals surface area contributed by atoms with Crippen LogP contribution in [0.4, 0.5) is 5.69 Å². The molecule has 2 heterocycles. The maximum atomic E-state index is 14.1. The SMILES string of the molecule is COc1cccc(N2C(=O)CN(C)n3cc(c4ccccc43)C(=O)C2c2ccccc2)c1. The van der Waals surface area contributed by atoms with Gasteiger partial charge in [0.25, 0.3) is 0 Å². The number of aromatic nitrogens is 1. The molecule has 0 spiro atoms. The quantitative estimate of drug-likeness (QED) is 0.494. The lowest BCUT2D eigenvalue weighted by Gasteiger charge is -2.33. The summed E-state index contributed by atoms with van der Waals surface area (Å²) in [5.41, 5.74) is 2.86. The third-order valence-electron chi connectivity index (χ3n) is 5.91. The second-order valence-corrected chi connectivity index (χ2v) is 7.86. The Morgan fingerprint density at radius 1 is 0.906 bits per heavy atom. The average molecular weight is 425 g/mol. The van der Waals surface area contributed by atoms with Crippen molar-refractivity contribution in [3.8, 4) is 5.75 Å². The first-order chi connectivity index (χ1) is 15.6. The van der Waals surface area contributed by atoms with E-state index in [1.165, 1.54) is 0 Å². The van der Waals surface area contributed by atoms with Crippen LogP contribution in [0.15, 0.2) is 85.1 Å². The van der Waals surface area contributed by atoms with Crippen LogP contribution < -0.4 is 14.6 Å². The van der Waals surface area contributed by atoms with Crippen LogP contribution in [-0.4, -0.2) is 37.1 Å². The van der Waals surface area contributed by atoms with E-state index in [9.17, 15) is 9.59 Å². The third-order valence-corrected chi connectivity index (χ3v) is 5.91. The number of ketones is 1. The highest BCUT2D eigenvalue weighted by atomic mass is 16.5. The van der Waals surface area contributed by atoms with Crippen molar-refractivity contribution >= 4 is 28.3 Å². The van der Waals surface area contributed by atoms with E-state index in [0.29, 0.717) is 17.0 Å². The Kier molecular flexibility index (Phi) is 4.90. The lowest BCUT2D eigenvalue weighted by Crippen LogP contribution is -2.45. The number of anilines is 1. The van der Waals surface area contributed by atoms with Crippen molar-refractivity contribution in [2.24, 2.45) is 0 Å². The first-order valence-corrected chi connectivity index (χ1v) is 10.5. The zero-order valence-corrected chi connectivity index (χ0v) is 17.9. The number of rotatable bonds is 3. The van der Waals surface area contributed by atoms with Crippen molar-refractivity contribution in [1.82, 2.24) is 4.68 Å². The zero-order chi connectivity index (χ0) is 22.2. The van der Waals surface area contributed by atoms with E-state index in [4.69, 9.17) is 4.74 Å². The number of nitrogens with zero attached hydrogens (tertiary/aromatic N) is 3. The molecule has 0 N–H and O–H groups in total. The molecule has 3 aromatic carbocycles. The number of para-hydroxylation sites is 1. The average Bonchev–Trinajstić information content (AvgIpc) is 3.23. The third kappa shape index (κ3) is 3.21. The summed E-state index contributed by atoms with van der Waals surface area (Å²) in [5, 5.41) is 2.70.